The zero-order valence-electron chi connectivity index (χ0n) is 20.4. The van der Waals surface area contributed by atoms with Gasteiger partial charge in [-0.05, 0) is 63.3 Å². The Morgan fingerprint density at radius 2 is 2.00 bits per heavy atom. The molecule has 1 fully saturated rings. The van der Waals surface area contributed by atoms with Crippen LogP contribution in [0.1, 0.15) is 38.5 Å². The SMILES string of the molecule is COC(=O)C1(CCCN)CCC(Oc2cc3c(Nc4cccc(Cl)c4F)ncnc3cc2OC)CC1. The molecule has 3 N–H and O–H groups in total. The van der Waals surface area contributed by atoms with Crippen LogP contribution in [0, 0.1) is 11.2 Å². The summed E-state index contributed by atoms with van der Waals surface area (Å²) in [6.07, 6.45) is 5.43. The molecule has 0 unspecified atom stereocenters. The Balaban J connectivity index is 1.58. The minimum absolute atomic E-state index is 0.0100. The second-order valence-electron chi connectivity index (χ2n) is 8.95. The molecule has 8 nitrogen and oxygen atoms in total. The van der Waals surface area contributed by atoms with Gasteiger partial charge in [-0.3, -0.25) is 4.79 Å². The van der Waals surface area contributed by atoms with Crippen molar-refractivity contribution in [1.29, 1.82) is 0 Å². The average Bonchev–Trinajstić information content (AvgIpc) is 2.90. The summed E-state index contributed by atoms with van der Waals surface area (Å²) in [4.78, 5) is 21.2. The van der Waals surface area contributed by atoms with Crippen LogP contribution < -0.4 is 20.5 Å². The smallest absolute Gasteiger partial charge is 0.311 e. The van der Waals surface area contributed by atoms with Gasteiger partial charge in [0.1, 0.15) is 12.1 Å². The molecule has 3 aromatic rings. The van der Waals surface area contributed by atoms with Crippen molar-refractivity contribution in [2.24, 2.45) is 11.1 Å². The van der Waals surface area contributed by atoms with Gasteiger partial charge in [0.2, 0.25) is 0 Å². The van der Waals surface area contributed by atoms with Crippen molar-refractivity contribution in [2.45, 2.75) is 44.6 Å². The number of methoxy groups -OCH3 is 2. The summed E-state index contributed by atoms with van der Waals surface area (Å²) in [7, 11) is 2.99. The fraction of sp³-hybridized carbons (Fsp3) is 0.423. The number of nitrogens with one attached hydrogen (secondary N) is 1. The van der Waals surface area contributed by atoms with Crippen LogP contribution in [0.25, 0.3) is 10.9 Å². The highest BCUT2D eigenvalue weighted by atomic mass is 35.5. The highest BCUT2D eigenvalue weighted by Crippen LogP contribution is 2.44. The van der Waals surface area contributed by atoms with Crippen molar-refractivity contribution in [3.63, 3.8) is 0 Å². The van der Waals surface area contributed by atoms with E-state index in [1.807, 2.05) is 0 Å². The van der Waals surface area contributed by atoms with Crippen molar-refractivity contribution >= 4 is 40.0 Å². The van der Waals surface area contributed by atoms with E-state index in [2.05, 4.69) is 15.3 Å². The van der Waals surface area contributed by atoms with Gasteiger partial charge in [0.15, 0.2) is 17.3 Å². The standard InChI is InChI=1S/C26H30ClFN4O4/c1-34-21-14-20-17(24(31-15-30-20)32-19-6-3-5-18(27)23(19)28)13-22(21)36-16-7-10-26(11-8-16,9-4-12-29)25(33)35-2/h3,5-6,13-16H,4,7-12,29H2,1-2H3,(H,30,31,32). The Hall–Kier alpha value is -3.17. The average molecular weight is 517 g/mol. The molecule has 1 aromatic heterocycles. The quantitative estimate of drug-likeness (QED) is 0.364. The first-order valence-corrected chi connectivity index (χ1v) is 12.3. The highest BCUT2D eigenvalue weighted by Gasteiger charge is 2.42. The summed E-state index contributed by atoms with van der Waals surface area (Å²) in [5.74, 6) is 0.699. The number of benzene rings is 2. The maximum Gasteiger partial charge on any atom is 0.311 e. The van der Waals surface area contributed by atoms with Crippen molar-refractivity contribution in [3.8, 4) is 11.5 Å². The number of hydrogen-bond acceptors (Lipinski definition) is 8. The van der Waals surface area contributed by atoms with E-state index in [-0.39, 0.29) is 22.8 Å². The summed E-state index contributed by atoms with van der Waals surface area (Å²) in [5, 5.41) is 3.65. The number of rotatable bonds is 9. The monoisotopic (exact) mass is 516 g/mol. The molecule has 1 saturated carbocycles. The largest absolute Gasteiger partial charge is 0.493 e. The molecule has 36 heavy (non-hydrogen) atoms. The second-order valence-corrected chi connectivity index (χ2v) is 9.36. The van der Waals surface area contributed by atoms with E-state index in [1.54, 1.807) is 31.4 Å². The van der Waals surface area contributed by atoms with Crippen LogP contribution in [0.2, 0.25) is 5.02 Å². The molecule has 0 bridgehead atoms. The minimum atomic E-state index is -0.568. The number of anilines is 2. The van der Waals surface area contributed by atoms with Crippen molar-refractivity contribution in [1.82, 2.24) is 9.97 Å². The van der Waals surface area contributed by atoms with Gasteiger partial charge in [-0.1, -0.05) is 17.7 Å². The number of nitrogens with zero attached hydrogens (tertiary/aromatic N) is 2. The molecule has 1 aliphatic carbocycles. The number of carbonyl (C=O) groups is 1. The van der Waals surface area contributed by atoms with Crippen molar-refractivity contribution in [2.75, 3.05) is 26.1 Å². The van der Waals surface area contributed by atoms with Gasteiger partial charge >= 0.3 is 5.97 Å². The number of esters is 1. The Kier molecular flexibility index (Phi) is 8.11. The van der Waals surface area contributed by atoms with Gasteiger partial charge in [-0.15, -0.1) is 0 Å². The lowest BCUT2D eigenvalue weighted by molar-refractivity contribution is -0.156. The lowest BCUT2D eigenvalue weighted by Crippen LogP contribution is -2.39. The number of nitrogens with two attached hydrogens (primary N) is 1. The maximum absolute atomic E-state index is 14.5. The molecule has 192 valence electrons. The van der Waals surface area contributed by atoms with Crippen LogP contribution >= 0.6 is 11.6 Å². The molecule has 4 rings (SSSR count). The van der Waals surface area contributed by atoms with Crippen LogP contribution in [0.15, 0.2) is 36.7 Å². The van der Waals surface area contributed by atoms with Gasteiger partial charge in [0, 0.05) is 11.5 Å². The fourth-order valence-electron chi connectivity index (χ4n) is 4.80. The topological polar surface area (TPSA) is 109 Å². The molecule has 0 spiro atoms. The Labute approximate surface area is 214 Å². The van der Waals surface area contributed by atoms with E-state index < -0.39 is 11.2 Å². The van der Waals surface area contributed by atoms with E-state index in [0.717, 1.165) is 6.42 Å². The Bertz CT molecular complexity index is 1230. The van der Waals surface area contributed by atoms with E-state index in [0.29, 0.717) is 66.9 Å². The molecule has 1 heterocycles. The zero-order chi connectivity index (χ0) is 25.7. The molecule has 0 radical (unpaired) electrons. The number of carbonyl (C=O) groups excluding carboxylic acids is 1. The number of ether oxygens (including phenoxy) is 3. The predicted molar refractivity (Wildman–Crippen MR) is 136 cm³/mol. The summed E-state index contributed by atoms with van der Waals surface area (Å²) in [6.45, 7) is 0.532. The Morgan fingerprint density at radius 3 is 2.69 bits per heavy atom. The normalized spacial score (nSPS) is 19.6. The molecule has 0 aliphatic heterocycles. The molecule has 0 saturated heterocycles. The van der Waals surface area contributed by atoms with Crippen LogP contribution in [0.3, 0.4) is 0 Å². The van der Waals surface area contributed by atoms with Gasteiger partial charge in [-0.2, -0.15) is 0 Å². The molecule has 10 heteroatoms. The number of hydrogen-bond donors (Lipinski definition) is 2. The fourth-order valence-corrected chi connectivity index (χ4v) is 4.97. The maximum atomic E-state index is 14.5. The van der Waals surface area contributed by atoms with Crippen LogP contribution in [0.5, 0.6) is 11.5 Å². The predicted octanol–water partition coefficient (Wildman–Crippen LogP) is 5.39. The summed E-state index contributed by atoms with van der Waals surface area (Å²) >= 11 is 5.93. The molecule has 0 amide bonds. The van der Waals surface area contributed by atoms with E-state index in [1.165, 1.54) is 19.5 Å². The molecule has 1 aliphatic rings. The summed E-state index contributed by atoms with van der Waals surface area (Å²) < 4.78 is 31.5. The van der Waals surface area contributed by atoms with Gasteiger partial charge in [-0.25, -0.2) is 14.4 Å². The third-order valence-corrected chi connectivity index (χ3v) is 7.08. The first-order chi connectivity index (χ1) is 17.4. The second kappa shape index (κ2) is 11.3. The summed E-state index contributed by atoms with van der Waals surface area (Å²) in [5.41, 5.74) is 5.98. The number of fused-ring (bicyclic) bond motifs is 1. The van der Waals surface area contributed by atoms with Crippen LogP contribution in [0.4, 0.5) is 15.9 Å². The van der Waals surface area contributed by atoms with E-state index in [4.69, 9.17) is 31.5 Å². The summed E-state index contributed by atoms with van der Waals surface area (Å²) in [6, 6.07) is 8.26. The van der Waals surface area contributed by atoms with Crippen molar-refractivity contribution < 1.29 is 23.4 Å². The Morgan fingerprint density at radius 1 is 1.22 bits per heavy atom. The molecule has 2 aromatic carbocycles. The zero-order valence-corrected chi connectivity index (χ0v) is 21.1. The third-order valence-electron chi connectivity index (χ3n) is 6.79. The van der Waals surface area contributed by atoms with E-state index >= 15 is 0 Å². The lowest BCUT2D eigenvalue weighted by Gasteiger charge is -2.38. The van der Waals surface area contributed by atoms with Crippen LogP contribution in [-0.2, 0) is 9.53 Å². The van der Waals surface area contributed by atoms with Gasteiger partial charge in [0.05, 0.1) is 42.0 Å². The molecule has 0 atom stereocenters. The highest BCUT2D eigenvalue weighted by molar-refractivity contribution is 6.31. The first-order valence-electron chi connectivity index (χ1n) is 11.9. The first kappa shape index (κ1) is 25.9. The number of halogens is 2. The van der Waals surface area contributed by atoms with Gasteiger partial charge < -0.3 is 25.3 Å². The molecular formula is C26H30ClFN4O4. The number of aromatic nitrogens is 2. The van der Waals surface area contributed by atoms with Crippen LogP contribution in [-0.4, -0.2) is 42.8 Å². The third kappa shape index (κ3) is 5.32. The molecular weight excluding hydrogens is 487 g/mol. The minimum Gasteiger partial charge on any atom is -0.493 e. The van der Waals surface area contributed by atoms with E-state index in [9.17, 15) is 9.18 Å². The lowest BCUT2D eigenvalue weighted by atomic mass is 9.70. The van der Waals surface area contributed by atoms with Crippen molar-refractivity contribution in [3.05, 3.63) is 47.5 Å². The van der Waals surface area contributed by atoms with Gasteiger partial charge in [0.25, 0.3) is 0 Å².